The first-order valence-electron chi connectivity index (χ1n) is 5.42. The molecule has 1 aliphatic rings. The monoisotopic (exact) mass is 221 g/mol. The lowest BCUT2D eigenvalue weighted by molar-refractivity contribution is 0.0935. The molecule has 0 radical (unpaired) electrons. The molecule has 2 rings (SSSR count). The Bertz CT molecular complexity index is 356. The number of carbonyl (C=O) groups is 1. The number of aliphatic hydroxyl groups excluding tert-OH is 1. The van der Waals surface area contributed by atoms with E-state index in [1.807, 2.05) is 0 Å². The molecule has 0 aliphatic carbocycles. The van der Waals surface area contributed by atoms with E-state index in [4.69, 9.17) is 5.11 Å². The van der Waals surface area contributed by atoms with Crippen LogP contribution in [0.2, 0.25) is 0 Å². The molecular weight excluding hydrogens is 206 g/mol. The maximum absolute atomic E-state index is 11.8. The number of hydrogen-bond donors (Lipinski definition) is 1. The SMILES string of the molecule is O=C(CN1CC[C@H](CO)C1)c1cnccn1. The molecule has 0 saturated carbocycles. The lowest BCUT2D eigenvalue weighted by Crippen LogP contribution is -2.28. The second-order valence-electron chi connectivity index (χ2n) is 4.09. The number of hydrogen-bond acceptors (Lipinski definition) is 5. The van der Waals surface area contributed by atoms with Crippen molar-refractivity contribution >= 4 is 5.78 Å². The van der Waals surface area contributed by atoms with Gasteiger partial charge in [0.05, 0.1) is 12.7 Å². The number of likely N-dealkylation sites (tertiary alicyclic amines) is 1. The Hall–Kier alpha value is -1.33. The summed E-state index contributed by atoms with van der Waals surface area (Å²) in [6, 6.07) is 0. The van der Waals surface area contributed by atoms with Crippen molar-refractivity contribution in [3.05, 3.63) is 24.3 Å². The van der Waals surface area contributed by atoms with E-state index in [0.717, 1.165) is 19.5 Å². The van der Waals surface area contributed by atoms with Crippen LogP contribution in [0, 0.1) is 5.92 Å². The van der Waals surface area contributed by atoms with Crippen LogP contribution in [0.4, 0.5) is 0 Å². The summed E-state index contributed by atoms with van der Waals surface area (Å²) in [5.41, 5.74) is 0.412. The number of ketones is 1. The normalized spacial score (nSPS) is 21.2. The minimum atomic E-state index is -0.00769. The third kappa shape index (κ3) is 2.62. The molecule has 1 saturated heterocycles. The van der Waals surface area contributed by atoms with Crippen LogP contribution in [0.25, 0.3) is 0 Å². The predicted molar refractivity (Wildman–Crippen MR) is 58.0 cm³/mol. The van der Waals surface area contributed by atoms with Crippen LogP contribution in [0.5, 0.6) is 0 Å². The Morgan fingerprint density at radius 3 is 3.06 bits per heavy atom. The van der Waals surface area contributed by atoms with Crippen LogP contribution in [0.3, 0.4) is 0 Å². The summed E-state index contributed by atoms with van der Waals surface area (Å²) in [6.07, 6.45) is 5.52. The van der Waals surface area contributed by atoms with Crippen molar-refractivity contribution in [1.82, 2.24) is 14.9 Å². The zero-order valence-electron chi connectivity index (χ0n) is 9.04. The highest BCUT2D eigenvalue weighted by Crippen LogP contribution is 2.15. The Morgan fingerprint density at radius 2 is 2.44 bits per heavy atom. The van der Waals surface area contributed by atoms with Crippen LogP contribution in [-0.4, -0.2) is 52.0 Å². The van der Waals surface area contributed by atoms with E-state index in [1.54, 1.807) is 6.20 Å². The zero-order chi connectivity index (χ0) is 11.4. The minimum absolute atomic E-state index is 0.00769. The Labute approximate surface area is 94.1 Å². The van der Waals surface area contributed by atoms with Crippen LogP contribution in [-0.2, 0) is 0 Å². The van der Waals surface area contributed by atoms with Gasteiger partial charge in [-0.3, -0.25) is 14.7 Å². The molecule has 1 aromatic heterocycles. The van der Waals surface area contributed by atoms with Gasteiger partial charge in [-0.25, -0.2) is 4.98 Å². The Morgan fingerprint density at radius 1 is 1.56 bits per heavy atom. The average Bonchev–Trinajstić information content (AvgIpc) is 2.78. The van der Waals surface area contributed by atoms with Crippen molar-refractivity contribution < 1.29 is 9.90 Å². The molecule has 0 spiro atoms. The first kappa shape index (κ1) is 11.2. The molecule has 2 heterocycles. The molecule has 1 aliphatic heterocycles. The van der Waals surface area contributed by atoms with Crippen molar-refractivity contribution in [2.75, 3.05) is 26.2 Å². The van der Waals surface area contributed by atoms with E-state index >= 15 is 0 Å². The number of rotatable bonds is 4. The predicted octanol–water partition coefficient (Wildman–Crippen LogP) is -0.0265. The van der Waals surface area contributed by atoms with Crippen LogP contribution in [0.1, 0.15) is 16.9 Å². The number of aliphatic hydroxyl groups is 1. The summed E-state index contributed by atoms with van der Waals surface area (Å²) in [5, 5.41) is 9.00. The number of nitrogens with zero attached hydrogens (tertiary/aromatic N) is 3. The zero-order valence-corrected chi connectivity index (χ0v) is 9.04. The highest BCUT2D eigenvalue weighted by Gasteiger charge is 2.23. The molecule has 0 bridgehead atoms. The van der Waals surface area contributed by atoms with Crippen molar-refractivity contribution in [3.8, 4) is 0 Å². The van der Waals surface area contributed by atoms with Gasteiger partial charge in [0.1, 0.15) is 5.69 Å². The summed E-state index contributed by atoms with van der Waals surface area (Å²) < 4.78 is 0. The third-order valence-electron chi connectivity index (χ3n) is 2.84. The summed E-state index contributed by atoms with van der Waals surface area (Å²) >= 11 is 0. The van der Waals surface area contributed by atoms with Crippen molar-refractivity contribution in [1.29, 1.82) is 0 Å². The first-order valence-corrected chi connectivity index (χ1v) is 5.42. The fraction of sp³-hybridized carbons (Fsp3) is 0.545. The Balaban J connectivity index is 1.89. The van der Waals surface area contributed by atoms with Crippen molar-refractivity contribution in [2.45, 2.75) is 6.42 Å². The summed E-state index contributed by atoms with van der Waals surface area (Å²) in [4.78, 5) is 21.7. The van der Waals surface area contributed by atoms with Crippen LogP contribution >= 0.6 is 0 Å². The van der Waals surface area contributed by atoms with E-state index in [9.17, 15) is 4.79 Å². The molecule has 5 nitrogen and oxygen atoms in total. The topological polar surface area (TPSA) is 66.3 Å². The number of aromatic nitrogens is 2. The summed E-state index contributed by atoms with van der Waals surface area (Å²) in [7, 11) is 0. The van der Waals surface area contributed by atoms with E-state index < -0.39 is 0 Å². The molecule has 5 heteroatoms. The Kier molecular flexibility index (Phi) is 3.58. The molecule has 0 amide bonds. The molecule has 16 heavy (non-hydrogen) atoms. The van der Waals surface area contributed by atoms with Gasteiger partial charge in [-0.1, -0.05) is 0 Å². The third-order valence-corrected chi connectivity index (χ3v) is 2.84. The van der Waals surface area contributed by atoms with Gasteiger partial charge in [0.15, 0.2) is 5.78 Å². The number of carbonyl (C=O) groups excluding carboxylic acids is 1. The van der Waals surface area contributed by atoms with E-state index in [2.05, 4.69) is 14.9 Å². The molecule has 86 valence electrons. The highest BCUT2D eigenvalue weighted by atomic mass is 16.3. The average molecular weight is 221 g/mol. The van der Waals surface area contributed by atoms with E-state index in [1.165, 1.54) is 12.4 Å². The molecule has 1 atom stereocenters. The van der Waals surface area contributed by atoms with Gasteiger partial charge in [-0.2, -0.15) is 0 Å². The fourth-order valence-electron chi connectivity index (χ4n) is 1.93. The van der Waals surface area contributed by atoms with Gasteiger partial charge in [-0.05, 0) is 18.9 Å². The second kappa shape index (κ2) is 5.14. The molecular formula is C11H15N3O2. The van der Waals surface area contributed by atoms with E-state index in [0.29, 0.717) is 18.2 Å². The standard InChI is InChI=1S/C11H15N3O2/c15-8-9-1-4-14(6-9)7-11(16)10-5-12-2-3-13-10/h2-3,5,9,15H,1,4,6-8H2/t9-/m0/s1. The smallest absolute Gasteiger partial charge is 0.196 e. The second-order valence-corrected chi connectivity index (χ2v) is 4.09. The fourth-order valence-corrected chi connectivity index (χ4v) is 1.93. The van der Waals surface area contributed by atoms with Crippen LogP contribution < -0.4 is 0 Å². The van der Waals surface area contributed by atoms with E-state index in [-0.39, 0.29) is 12.4 Å². The summed E-state index contributed by atoms with van der Waals surface area (Å²) in [5.74, 6) is 0.307. The quantitative estimate of drug-likeness (QED) is 0.723. The minimum Gasteiger partial charge on any atom is -0.396 e. The number of Topliss-reactive ketones (excluding diaryl/α,β-unsaturated/α-hetero) is 1. The van der Waals surface area contributed by atoms with Crippen molar-refractivity contribution in [3.63, 3.8) is 0 Å². The maximum atomic E-state index is 11.8. The molecule has 1 fully saturated rings. The lowest BCUT2D eigenvalue weighted by Gasteiger charge is -2.13. The van der Waals surface area contributed by atoms with Gasteiger partial charge in [0, 0.05) is 25.5 Å². The van der Waals surface area contributed by atoms with Gasteiger partial charge in [0.2, 0.25) is 0 Å². The van der Waals surface area contributed by atoms with Crippen LogP contribution in [0.15, 0.2) is 18.6 Å². The maximum Gasteiger partial charge on any atom is 0.196 e. The first-order chi connectivity index (χ1) is 7.79. The van der Waals surface area contributed by atoms with Gasteiger partial charge >= 0.3 is 0 Å². The lowest BCUT2D eigenvalue weighted by atomic mass is 10.1. The van der Waals surface area contributed by atoms with Gasteiger partial charge < -0.3 is 5.11 Å². The highest BCUT2D eigenvalue weighted by molar-refractivity contribution is 5.95. The van der Waals surface area contributed by atoms with Gasteiger partial charge in [0.25, 0.3) is 0 Å². The largest absolute Gasteiger partial charge is 0.396 e. The molecule has 1 aromatic rings. The van der Waals surface area contributed by atoms with Gasteiger partial charge in [-0.15, -0.1) is 0 Å². The summed E-state index contributed by atoms with van der Waals surface area (Å²) in [6.45, 7) is 2.24. The molecule has 0 unspecified atom stereocenters. The molecule has 0 aromatic carbocycles. The van der Waals surface area contributed by atoms with Crippen molar-refractivity contribution in [2.24, 2.45) is 5.92 Å². The molecule has 1 N–H and O–H groups in total.